The van der Waals surface area contributed by atoms with Gasteiger partial charge in [0.05, 0.1) is 7.11 Å². The fourth-order valence-electron chi connectivity index (χ4n) is 2.04. The average molecular weight is 315 g/mol. The number of nitrogens with one attached hydrogen (secondary N) is 2. The van der Waals surface area contributed by atoms with Crippen molar-refractivity contribution >= 4 is 18.3 Å². The van der Waals surface area contributed by atoms with E-state index in [-0.39, 0.29) is 18.3 Å². The van der Waals surface area contributed by atoms with E-state index in [2.05, 4.69) is 29.7 Å². The van der Waals surface area contributed by atoms with Crippen LogP contribution >= 0.6 is 12.4 Å². The summed E-state index contributed by atoms with van der Waals surface area (Å²) in [6.45, 7) is 3.79. The average Bonchev–Trinajstić information content (AvgIpc) is 2.47. The van der Waals surface area contributed by atoms with Crippen LogP contribution in [-0.4, -0.2) is 33.2 Å². The van der Waals surface area contributed by atoms with E-state index in [0.29, 0.717) is 12.3 Å². The second-order valence-corrected chi connectivity index (χ2v) is 5.02. The van der Waals surface area contributed by atoms with Crippen molar-refractivity contribution in [2.75, 3.05) is 27.2 Å². The number of hydrogen-bond acceptors (Lipinski definition) is 3. The number of amides is 1. The Kier molecular flexibility index (Phi) is 10.7. The van der Waals surface area contributed by atoms with Crippen LogP contribution in [0.5, 0.6) is 5.75 Å². The first kappa shape index (κ1) is 19.7. The van der Waals surface area contributed by atoms with Gasteiger partial charge >= 0.3 is 0 Å². The van der Waals surface area contributed by atoms with E-state index in [1.807, 2.05) is 19.2 Å². The Morgan fingerprint density at radius 3 is 2.48 bits per heavy atom. The van der Waals surface area contributed by atoms with E-state index in [4.69, 9.17) is 4.74 Å². The Morgan fingerprint density at radius 1 is 1.24 bits per heavy atom. The van der Waals surface area contributed by atoms with Crippen LogP contribution in [-0.2, 0) is 4.79 Å². The third-order valence-corrected chi connectivity index (χ3v) is 3.41. The molecule has 0 radical (unpaired) electrons. The Labute approximate surface area is 134 Å². The maximum absolute atomic E-state index is 11.6. The second kappa shape index (κ2) is 11.4. The van der Waals surface area contributed by atoms with Crippen LogP contribution in [0.15, 0.2) is 24.3 Å². The highest BCUT2D eigenvalue weighted by Crippen LogP contribution is 2.21. The summed E-state index contributed by atoms with van der Waals surface area (Å²) in [5.41, 5.74) is 1.27. The van der Waals surface area contributed by atoms with Crippen LogP contribution in [0.25, 0.3) is 0 Å². The molecule has 0 aliphatic carbocycles. The molecule has 1 amide bonds. The predicted molar refractivity (Wildman–Crippen MR) is 89.4 cm³/mol. The van der Waals surface area contributed by atoms with Gasteiger partial charge in [0.15, 0.2) is 0 Å². The van der Waals surface area contributed by atoms with E-state index < -0.39 is 0 Å². The van der Waals surface area contributed by atoms with Crippen LogP contribution < -0.4 is 15.4 Å². The topological polar surface area (TPSA) is 50.4 Å². The molecule has 120 valence electrons. The van der Waals surface area contributed by atoms with Gasteiger partial charge in [-0.25, -0.2) is 0 Å². The lowest BCUT2D eigenvalue weighted by atomic mass is 9.98. The monoisotopic (exact) mass is 314 g/mol. The number of benzene rings is 1. The van der Waals surface area contributed by atoms with Gasteiger partial charge in [0, 0.05) is 13.0 Å². The molecule has 1 unspecified atom stereocenters. The summed E-state index contributed by atoms with van der Waals surface area (Å²) in [5.74, 6) is 1.44. The summed E-state index contributed by atoms with van der Waals surface area (Å²) >= 11 is 0. The molecule has 0 aromatic heterocycles. The molecule has 1 aromatic rings. The highest BCUT2D eigenvalue weighted by atomic mass is 35.5. The van der Waals surface area contributed by atoms with Crippen molar-refractivity contribution < 1.29 is 9.53 Å². The van der Waals surface area contributed by atoms with Crippen molar-refractivity contribution in [3.05, 3.63) is 29.8 Å². The normalized spacial score (nSPS) is 11.4. The Bertz CT molecular complexity index is 396. The zero-order valence-corrected chi connectivity index (χ0v) is 14.0. The van der Waals surface area contributed by atoms with Gasteiger partial charge in [-0.1, -0.05) is 19.1 Å². The standard InChI is InChI=1S/C16H26N2O2.ClH/c1-13(14-6-8-15(20-3)9-7-14)10-12-18-16(19)5-4-11-17-2;/h6-9,13,17H,4-5,10-12H2,1-3H3,(H,18,19);1H. The van der Waals surface area contributed by atoms with E-state index in [9.17, 15) is 4.79 Å². The van der Waals surface area contributed by atoms with Crippen molar-refractivity contribution in [1.82, 2.24) is 10.6 Å². The summed E-state index contributed by atoms with van der Waals surface area (Å²) in [7, 11) is 3.57. The fourth-order valence-corrected chi connectivity index (χ4v) is 2.04. The summed E-state index contributed by atoms with van der Waals surface area (Å²) in [4.78, 5) is 11.6. The number of hydrogen-bond donors (Lipinski definition) is 2. The van der Waals surface area contributed by atoms with Crippen LogP contribution in [0.1, 0.15) is 37.7 Å². The summed E-state index contributed by atoms with van der Waals surface area (Å²) in [5, 5.41) is 6.01. The van der Waals surface area contributed by atoms with Crippen molar-refractivity contribution in [2.24, 2.45) is 0 Å². The Morgan fingerprint density at radius 2 is 1.90 bits per heavy atom. The number of methoxy groups -OCH3 is 1. The minimum absolute atomic E-state index is 0. The van der Waals surface area contributed by atoms with Gasteiger partial charge < -0.3 is 15.4 Å². The van der Waals surface area contributed by atoms with Gasteiger partial charge in [-0.2, -0.15) is 0 Å². The minimum atomic E-state index is 0. The maximum Gasteiger partial charge on any atom is 0.220 e. The molecule has 2 N–H and O–H groups in total. The molecule has 0 heterocycles. The van der Waals surface area contributed by atoms with Crippen LogP contribution in [0.3, 0.4) is 0 Å². The molecule has 4 nitrogen and oxygen atoms in total. The molecule has 0 saturated carbocycles. The van der Waals surface area contributed by atoms with Crippen molar-refractivity contribution in [3.63, 3.8) is 0 Å². The maximum atomic E-state index is 11.6. The van der Waals surface area contributed by atoms with Crippen LogP contribution in [0.2, 0.25) is 0 Å². The molecular formula is C16H27ClN2O2. The summed E-state index contributed by atoms with van der Waals surface area (Å²) < 4.78 is 5.15. The molecule has 0 aliphatic heterocycles. The molecule has 21 heavy (non-hydrogen) atoms. The Balaban J connectivity index is 0.00000400. The molecule has 5 heteroatoms. The van der Waals surface area contributed by atoms with Gasteiger partial charge in [-0.05, 0) is 50.0 Å². The molecule has 1 rings (SSSR count). The number of carbonyl (C=O) groups excluding carboxylic acids is 1. The predicted octanol–water partition coefficient (Wildman–Crippen LogP) is 2.73. The third kappa shape index (κ3) is 7.93. The highest BCUT2D eigenvalue weighted by Gasteiger charge is 2.07. The lowest BCUT2D eigenvalue weighted by Crippen LogP contribution is -2.26. The molecule has 1 atom stereocenters. The van der Waals surface area contributed by atoms with Crippen LogP contribution in [0.4, 0.5) is 0 Å². The number of rotatable bonds is 9. The lowest BCUT2D eigenvalue weighted by Gasteiger charge is -2.13. The molecular weight excluding hydrogens is 288 g/mol. The highest BCUT2D eigenvalue weighted by molar-refractivity contribution is 5.85. The Hall–Kier alpha value is -1.26. The van der Waals surface area contributed by atoms with E-state index in [1.54, 1.807) is 7.11 Å². The quantitative estimate of drug-likeness (QED) is 0.689. The molecule has 1 aromatic carbocycles. The number of halogens is 1. The van der Waals surface area contributed by atoms with Gasteiger partial charge in [0.2, 0.25) is 5.91 Å². The first-order valence-electron chi connectivity index (χ1n) is 7.22. The molecule has 0 bridgehead atoms. The zero-order valence-electron chi connectivity index (χ0n) is 13.1. The number of ether oxygens (including phenoxy) is 1. The van der Waals surface area contributed by atoms with E-state index in [0.717, 1.165) is 31.7 Å². The van der Waals surface area contributed by atoms with E-state index >= 15 is 0 Å². The first-order valence-corrected chi connectivity index (χ1v) is 7.22. The minimum Gasteiger partial charge on any atom is -0.497 e. The molecule has 0 saturated heterocycles. The van der Waals surface area contributed by atoms with Crippen molar-refractivity contribution in [2.45, 2.75) is 32.1 Å². The summed E-state index contributed by atoms with van der Waals surface area (Å²) in [6.07, 6.45) is 2.43. The largest absolute Gasteiger partial charge is 0.497 e. The fraction of sp³-hybridized carbons (Fsp3) is 0.562. The van der Waals surface area contributed by atoms with Gasteiger partial charge in [-0.15, -0.1) is 12.4 Å². The third-order valence-electron chi connectivity index (χ3n) is 3.41. The zero-order chi connectivity index (χ0) is 14.8. The first-order chi connectivity index (χ1) is 9.67. The second-order valence-electron chi connectivity index (χ2n) is 5.02. The molecule has 0 fully saturated rings. The lowest BCUT2D eigenvalue weighted by molar-refractivity contribution is -0.121. The molecule has 0 spiro atoms. The van der Waals surface area contributed by atoms with E-state index in [1.165, 1.54) is 5.56 Å². The van der Waals surface area contributed by atoms with Gasteiger partial charge in [0.1, 0.15) is 5.75 Å². The smallest absolute Gasteiger partial charge is 0.220 e. The van der Waals surface area contributed by atoms with Crippen LogP contribution in [0, 0.1) is 0 Å². The summed E-state index contributed by atoms with van der Waals surface area (Å²) in [6, 6.07) is 8.11. The van der Waals surface area contributed by atoms with Crippen molar-refractivity contribution in [1.29, 1.82) is 0 Å². The van der Waals surface area contributed by atoms with Gasteiger partial charge in [-0.3, -0.25) is 4.79 Å². The number of carbonyl (C=O) groups is 1. The SMILES string of the molecule is CNCCCC(=O)NCCC(C)c1ccc(OC)cc1.Cl. The van der Waals surface area contributed by atoms with Gasteiger partial charge in [0.25, 0.3) is 0 Å². The molecule has 0 aliphatic rings. The van der Waals surface area contributed by atoms with Crippen molar-refractivity contribution in [3.8, 4) is 5.75 Å².